The van der Waals surface area contributed by atoms with Crippen LogP contribution in [0.1, 0.15) is 51.9 Å². The molecule has 1 rings (SSSR count). The van der Waals surface area contributed by atoms with E-state index in [0.717, 1.165) is 26.2 Å². The molecular formula is C19H19F17N2. The van der Waals surface area contributed by atoms with Crippen molar-refractivity contribution >= 4 is 6.01 Å². The molecule has 0 spiro atoms. The van der Waals surface area contributed by atoms with E-state index in [4.69, 9.17) is 0 Å². The van der Waals surface area contributed by atoms with Crippen LogP contribution >= 0.6 is 0 Å². The van der Waals surface area contributed by atoms with E-state index in [1.807, 2.05) is 0 Å². The fourth-order valence-corrected chi connectivity index (χ4v) is 3.23. The Morgan fingerprint density at radius 2 is 1.00 bits per heavy atom. The van der Waals surface area contributed by atoms with E-state index in [0.29, 0.717) is 12.8 Å². The lowest BCUT2D eigenvalue weighted by Gasteiger charge is -2.42. The Balaban J connectivity index is 3.23. The number of aliphatic imine (C=N–C) groups is 2. The van der Waals surface area contributed by atoms with Crippen LogP contribution in [-0.2, 0) is 0 Å². The Kier molecular flexibility index (Phi) is 9.58. The lowest BCUT2D eigenvalue weighted by atomic mass is 9.87. The molecule has 0 amide bonds. The highest BCUT2D eigenvalue weighted by atomic mass is 19.4. The molecule has 2 nitrogen and oxygen atoms in total. The summed E-state index contributed by atoms with van der Waals surface area (Å²) < 4.78 is 225. The number of hydrogen-bond donors (Lipinski definition) is 0. The van der Waals surface area contributed by atoms with E-state index in [2.05, 4.69) is 16.0 Å². The molecule has 224 valence electrons. The summed E-state index contributed by atoms with van der Waals surface area (Å²) in [4.78, 5) is 7.20. The molecule has 1 unspecified atom stereocenters. The van der Waals surface area contributed by atoms with E-state index in [1.165, 1.54) is 0 Å². The summed E-state index contributed by atoms with van der Waals surface area (Å²) >= 11 is 0. The van der Waals surface area contributed by atoms with Gasteiger partial charge < -0.3 is 0 Å². The van der Waals surface area contributed by atoms with Crippen molar-refractivity contribution in [2.24, 2.45) is 9.98 Å². The average molecular weight is 598 g/mol. The van der Waals surface area contributed by atoms with Crippen LogP contribution in [0.25, 0.3) is 0 Å². The van der Waals surface area contributed by atoms with Crippen LogP contribution in [0.2, 0.25) is 0 Å². The molecule has 1 atom stereocenters. The van der Waals surface area contributed by atoms with Crippen LogP contribution in [0.15, 0.2) is 9.98 Å². The number of alkyl halides is 17. The molecule has 1 aliphatic rings. The first-order valence-electron chi connectivity index (χ1n) is 10.6. The minimum Gasteiger partial charge on any atom is -0.223 e. The van der Waals surface area contributed by atoms with Gasteiger partial charge in [-0.05, 0) is 26.2 Å². The monoisotopic (exact) mass is 598 g/mol. The zero-order valence-electron chi connectivity index (χ0n) is 18.9. The number of hydrogen-bond acceptors (Lipinski definition) is 2. The van der Waals surface area contributed by atoms with Gasteiger partial charge in [0.15, 0.2) is 0 Å². The summed E-state index contributed by atoms with van der Waals surface area (Å²) in [5.74, 6) is -56.2. The SMILES string of the molecule is CC(CCC(F)(F)C(F)(F)C(F)(F)C(F)(F)C(F)(F)C(F)(F)C(F)(F)C(F)(F)F)N=C=NC1CCCCC1. The lowest BCUT2D eigenvalue weighted by molar-refractivity contribution is -0.461. The van der Waals surface area contributed by atoms with Crippen molar-refractivity contribution in [1.82, 2.24) is 0 Å². The van der Waals surface area contributed by atoms with Crippen LogP contribution in [-0.4, -0.2) is 65.7 Å². The van der Waals surface area contributed by atoms with Crippen molar-refractivity contribution in [2.75, 3.05) is 0 Å². The van der Waals surface area contributed by atoms with Gasteiger partial charge in [-0.3, -0.25) is 0 Å². The molecule has 0 aliphatic heterocycles. The van der Waals surface area contributed by atoms with Gasteiger partial charge in [-0.1, -0.05) is 19.3 Å². The van der Waals surface area contributed by atoms with Gasteiger partial charge in [0.05, 0.1) is 18.1 Å². The first-order chi connectivity index (χ1) is 16.7. The lowest BCUT2D eigenvalue weighted by Crippen LogP contribution is -2.74. The van der Waals surface area contributed by atoms with Gasteiger partial charge >= 0.3 is 47.6 Å². The summed E-state index contributed by atoms with van der Waals surface area (Å²) in [5, 5.41) is 0. The molecule has 1 aliphatic carbocycles. The van der Waals surface area contributed by atoms with Gasteiger partial charge in [-0.15, -0.1) is 0 Å². The largest absolute Gasteiger partial charge is 0.460 e. The second kappa shape index (κ2) is 10.6. The third-order valence-electron chi connectivity index (χ3n) is 5.76. The van der Waals surface area contributed by atoms with Crippen molar-refractivity contribution in [1.29, 1.82) is 0 Å². The van der Waals surface area contributed by atoms with Gasteiger partial charge in [-0.25, -0.2) is 9.98 Å². The fraction of sp³-hybridized carbons (Fsp3) is 0.947. The molecule has 0 aromatic carbocycles. The van der Waals surface area contributed by atoms with E-state index in [9.17, 15) is 74.6 Å². The normalized spacial score (nSPS) is 18.7. The van der Waals surface area contributed by atoms with Crippen LogP contribution in [0.3, 0.4) is 0 Å². The zero-order valence-corrected chi connectivity index (χ0v) is 18.9. The Hall–Kier alpha value is -1.81. The van der Waals surface area contributed by atoms with E-state index in [-0.39, 0.29) is 6.04 Å². The third-order valence-corrected chi connectivity index (χ3v) is 5.76. The Bertz CT molecular complexity index is 865. The predicted molar refractivity (Wildman–Crippen MR) is 96.1 cm³/mol. The topological polar surface area (TPSA) is 24.7 Å². The van der Waals surface area contributed by atoms with Crippen molar-refractivity contribution in [3.8, 4) is 0 Å². The average Bonchev–Trinajstić information content (AvgIpc) is 2.77. The van der Waals surface area contributed by atoms with Crippen LogP contribution in [0, 0.1) is 0 Å². The first kappa shape index (κ1) is 34.2. The van der Waals surface area contributed by atoms with Gasteiger partial charge in [0.1, 0.15) is 0 Å². The predicted octanol–water partition coefficient (Wildman–Crippen LogP) is 8.67. The Labute approximate surface area is 203 Å². The van der Waals surface area contributed by atoms with Crippen LogP contribution < -0.4 is 0 Å². The summed E-state index contributed by atoms with van der Waals surface area (Å²) in [6.07, 6.45) is -7.88. The standard InChI is InChI=1S/C19H19F17N2/c1-10(37-9-38-11-5-3-2-4-6-11)7-8-12(20,21)13(22,23)14(24,25)15(26,27)16(28,29)17(30,31)18(32,33)19(34,35)36/h10-11H,2-8H2,1H3. The highest BCUT2D eigenvalue weighted by Gasteiger charge is 2.95. The quantitative estimate of drug-likeness (QED) is 0.168. The summed E-state index contributed by atoms with van der Waals surface area (Å²) in [5.41, 5.74) is 0. The van der Waals surface area contributed by atoms with E-state index in [1.54, 1.807) is 0 Å². The van der Waals surface area contributed by atoms with Crippen molar-refractivity contribution in [3.63, 3.8) is 0 Å². The van der Waals surface area contributed by atoms with Crippen molar-refractivity contribution in [3.05, 3.63) is 0 Å². The van der Waals surface area contributed by atoms with Gasteiger partial charge in [-0.2, -0.15) is 74.6 Å². The molecule has 19 heteroatoms. The van der Waals surface area contributed by atoms with Gasteiger partial charge in [0.25, 0.3) is 0 Å². The molecule has 0 aromatic heterocycles. The summed E-state index contributed by atoms with van der Waals surface area (Å²) in [6, 6.07) is 0.320. The fourth-order valence-electron chi connectivity index (χ4n) is 3.23. The minimum atomic E-state index is -8.62. The molecular weight excluding hydrogens is 579 g/mol. The maximum Gasteiger partial charge on any atom is 0.460 e. The number of rotatable bonds is 11. The van der Waals surface area contributed by atoms with Crippen molar-refractivity contribution in [2.45, 2.75) is 112 Å². The smallest absolute Gasteiger partial charge is 0.223 e. The van der Waals surface area contributed by atoms with E-state index >= 15 is 0 Å². The summed E-state index contributed by atoms with van der Waals surface area (Å²) in [7, 11) is 0. The highest BCUT2D eigenvalue weighted by molar-refractivity contribution is 5.42. The Morgan fingerprint density at radius 3 is 1.42 bits per heavy atom. The molecule has 0 bridgehead atoms. The highest BCUT2D eigenvalue weighted by Crippen LogP contribution is 2.64. The third kappa shape index (κ3) is 5.71. The molecule has 38 heavy (non-hydrogen) atoms. The maximum atomic E-state index is 13.9. The number of halogens is 17. The molecule has 0 N–H and O–H groups in total. The van der Waals surface area contributed by atoms with Gasteiger partial charge in [0.2, 0.25) is 0 Å². The van der Waals surface area contributed by atoms with Crippen LogP contribution in [0.4, 0.5) is 74.6 Å². The number of nitrogens with zero attached hydrogens (tertiary/aromatic N) is 2. The molecule has 0 radical (unpaired) electrons. The second-order valence-corrected chi connectivity index (χ2v) is 8.69. The zero-order chi connectivity index (χ0) is 30.2. The Morgan fingerprint density at radius 1 is 0.605 bits per heavy atom. The molecule has 0 aromatic rings. The molecule has 1 saturated carbocycles. The van der Waals surface area contributed by atoms with E-state index < -0.39 is 66.5 Å². The summed E-state index contributed by atoms with van der Waals surface area (Å²) in [6.45, 7) is 0.915. The maximum absolute atomic E-state index is 13.9. The van der Waals surface area contributed by atoms with Crippen molar-refractivity contribution < 1.29 is 74.6 Å². The van der Waals surface area contributed by atoms with Gasteiger partial charge in [0, 0.05) is 6.42 Å². The minimum absolute atomic E-state index is 0.254. The second-order valence-electron chi connectivity index (χ2n) is 8.69. The molecule has 0 heterocycles. The molecule has 1 fully saturated rings. The first-order valence-corrected chi connectivity index (χ1v) is 10.6. The molecule has 0 saturated heterocycles. The van der Waals surface area contributed by atoms with Crippen LogP contribution in [0.5, 0.6) is 0 Å².